The van der Waals surface area contributed by atoms with Gasteiger partial charge in [0.25, 0.3) is 5.91 Å². The summed E-state index contributed by atoms with van der Waals surface area (Å²) in [5, 5.41) is 2.83. The summed E-state index contributed by atoms with van der Waals surface area (Å²) >= 11 is 0. The summed E-state index contributed by atoms with van der Waals surface area (Å²) in [7, 11) is 0. The second-order valence-corrected chi connectivity index (χ2v) is 4.70. The first-order chi connectivity index (χ1) is 9.13. The summed E-state index contributed by atoms with van der Waals surface area (Å²) in [5.74, 6) is 1.75. The first-order valence-corrected chi connectivity index (χ1v) is 6.74. The van der Waals surface area contributed by atoms with Gasteiger partial charge < -0.3 is 14.8 Å². The molecule has 0 unspecified atom stereocenters. The van der Waals surface area contributed by atoms with Crippen LogP contribution in [0.2, 0.25) is 0 Å². The lowest BCUT2D eigenvalue weighted by Gasteiger charge is -2.12. The van der Waals surface area contributed by atoms with E-state index in [-0.39, 0.29) is 12.5 Å². The van der Waals surface area contributed by atoms with E-state index < -0.39 is 0 Å². The molecule has 0 saturated carbocycles. The van der Waals surface area contributed by atoms with Gasteiger partial charge in [-0.1, -0.05) is 26.0 Å². The van der Waals surface area contributed by atoms with Gasteiger partial charge in [0.15, 0.2) is 18.1 Å². The molecule has 0 aliphatic rings. The minimum Gasteiger partial charge on any atom is -0.490 e. The first-order valence-electron chi connectivity index (χ1n) is 6.74. The smallest absolute Gasteiger partial charge is 0.257 e. The monoisotopic (exact) mass is 265 g/mol. The maximum Gasteiger partial charge on any atom is 0.257 e. The summed E-state index contributed by atoms with van der Waals surface area (Å²) in [4.78, 5) is 11.6. The third kappa shape index (κ3) is 6.13. The number of hydrogen-bond donors (Lipinski definition) is 1. The van der Waals surface area contributed by atoms with Crippen LogP contribution < -0.4 is 14.8 Å². The van der Waals surface area contributed by atoms with Crippen molar-refractivity contribution in [3.8, 4) is 11.5 Å². The average Bonchev–Trinajstić information content (AvgIpc) is 2.37. The lowest BCUT2D eigenvalue weighted by Crippen LogP contribution is -2.30. The van der Waals surface area contributed by atoms with Gasteiger partial charge in [-0.3, -0.25) is 4.79 Å². The van der Waals surface area contributed by atoms with Gasteiger partial charge in [-0.2, -0.15) is 0 Å². The molecule has 0 saturated heterocycles. The molecular weight excluding hydrogens is 242 g/mol. The topological polar surface area (TPSA) is 47.6 Å². The Morgan fingerprint density at radius 1 is 1.21 bits per heavy atom. The van der Waals surface area contributed by atoms with Gasteiger partial charge in [0.2, 0.25) is 0 Å². The van der Waals surface area contributed by atoms with Crippen LogP contribution in [0.15, 0.2) is 24.3 Å². The molecule has 0 heterocycles. The number of para-hydroxylation sites is 2. The second kappa shape index (κ2) is 8.40. The zero-order valence-corrected chi connectivity index (χ0v) is 11.9. The minimum atomic E-state index is -0.105. The van der Waals surface area contributed by atoms with Crippen molar-refractivity contribution in [1.82, 2.24) is 5.32 Å². The van der Waals surface area contributed by atoms with Crippen LogP contribution in [0.3, 0.4) is 0 Å². The SMILES string of the molecule is CCOc1ccccc1OCC(=O)NCCC(C)C. The van der Waals surface area contributed by atoms with Crippen molar-refractivity contribution >= 4 is 5.91 Å². The number of nitrogens with one attached hydrogen (secondary N) is 1. The van der Waals surface area contributed by atoms with Gasteiger partial charge in [0.1, 0.15) is 0 Å². The van der Waals surface area contributed by atoms with Crippen LogP contribution in [0.4, 0.5) is 0 Å². The van der Waals surface area contributed by atoms with Crippen LogP contribution in [0, 0.1) is 5.92 Å². The number of amides is 1. The van der Waals surface area contributed by atoms with E-state index >= 15 is 0 Å². The molecule has 1 aromatic rings. The van der Waals surface area contributed by atoms with E-state index in [2.05, 4.69) is 19.2 Å². The van der Waals surface area contributed by atoms with Gasteiger partial charge >= 0.3 is 0 Å². The molecule has 1 aromatic carbocycles. The normalized spacial score (nSPS) is 10.3. The fourth-order valence-electron chi connectivity index (χ4n) is 1.54. The highest BCUT2D eigenvalue weighted by Crippen LogP contribution is 2.26. The van der Waals surface area contributed by atoms with E-state index in [1.165, 1.54) is 0 Å². The standard InChI is InChI=1S/C15H23NO3/c1-4-18-13-7-5-6-8-14(13)19-11-15(17)16-10-9-12(2)3/h5-8,12H,4,9-11H2,1-3H3,(H,16,17). The Morgan fingerprint density at radius 2 is 1.84 bits per heavy atom. The fourth-order valence-corrected chi connectivity index (χ4v) is 1.54. The van der Waals surface area contributed by atoms with Crippen LogP contribution in [0.1, 0.15) is 27.2 Å². The third-order valence-electron chi connectivity index (χ3n) is 2.55. The maximum atomic E-state index is 11.6. The van der Waals surface area contributed by atoms with Gasteiger partial charge in [0.05, 0.1) is 6.61 Å². The highest BCUT2D eigenvalue weighted by Gasteiger charge is 2.07. The minimum absolute atomic E-state index is 0.0161. The predicted octanol–water partition coefficient (Wildman–Crippen LogP) is 2.63. The summed E-state index contributed by atoms with van der Waals surface area (Å²) in [5.41, 5.74) is 0. The van der Waals surface area contributed by atoms with Crippen LogP contribution in [0.5, 0.6) is 11.5 Å². The Morgan fingerprint density at radius 3 is 2.42 bits per heavy atom. The molecule has 0 bridgehead atoms. The third-order valence-corrected chi connectivity index (χ3v) is 2.55. The first kappa shape index (κ1) is 15.3. The van der Waals surface area contributed by atoms with Crippen LogP contribution in [0.25, 0.3) is 0 Å². The van der Waals surface area contributed by atoms with Crippen LogP contribution >= 0.6 is 0 Å². The summed E-state index contributed by atoms with van der Waals surface area (Å²) in [6.45, 7) is 7.44. The quantitative estimate of drug-likeness (QED) is 0.786. The number of rotatable bonds is 8. The second-order valence-electron chi connectivity index (χ2n) is 4.70. The molecule has 0 spiro atoms. The molecule has 0 radical (unpaired) electrons. The largest absolute Gasteiger partial charge is 0.490 e. The summed E-state index contributed by atoms with van der Waals surface area (Å²) in [6.07, 6.45) is 0.973. The summed E-state index contributed by atoms with van der Waals surface area (Å²) < 4.78 is 10.9. The number of ether oxygens (including phenoxy) is 2. The van der Waals surface area contributed by atoms with Gasteiger partial charge in [-0.05, 0) is 31.4 Å². The summed E-state index contributed by atoms with van der Waals surface area (Å²) in [6, 6.07) is 7.36. The zero-order chi connectivity index (χ0) is 14.1. The molecule has 1 amide bonds. The van der Waals surface area contributed by atoms with Crippen molar-refractivity contribution in [3.05, 3.63) is 24.3 Å². The van der Waals surface area contributed by atoms with Crippen molar-refractivity contribution in [2.45, 2.75) is 27.2 Å². The average molecular weight is 265 g/mol. The maximum absolute atomic E-state index is 11.6. The van der Waals surface area contributed by atoms with Crippen molar-refractivity contribution < 1.29 is 14.3 Å². The molecule has 0 aromatic heterocycles. The van der Waals surface area contributed by atoms with E-state index in [1.807, 2.05) is 25.1 Å². The van der Waals surface area contributed by atoms with Crippen molar-refractivity contribution in [2.75, 3.05) is 19.8 Å². The van der Waals surface area contributed by atoms with Gasteiger partial charge in [-0.15, -0.1) is 0 Å². The molecule has 0 aliphatic carbocycles. The Bertz CT molecular complexity index is 391. The molecular formula is C15H23NO3. The van der Waals surface area contributed by atoms with Crippen LogP contribution in [-0.2, 0) is 4.79 Å². The van der Waals surface area contributed by atoms with E-state index in [4.69, 9.17) is 9.47 Å². The van der Waals surface area contributed by atoms with Crippen molar-refractivity contribution in [2.24, 2.45) is 5.92 Å². The molecule has 1 N–H and O–H groups in total. The molecule has 0 atom stereocenters. The van der Waals surface area contributed by atoms with Crippen molar-refractivity contribution in [1.29, 1.82) is 0 Å². The highest BCUT2D eigenvalue weighted by molar-refractivity contribution is 5.77. The lowest BCUT2D eigenvalue weighted by molar-refractivity contribution is -0.123. The Labute approximate surface area is 115 Å². The van der Waals surface area contributed by atoms with E-state index in [0.29, 0.717) is 30.6 Å². The lowest BCUT2D eigenvalue weighted by atomic mass is 10.1. The van der Waals surface area contributed by atoms with E-state index in [9.17, 15) is 4.79 Å². The zero-order valence-electron chi connectivity index (χ0n) is 11.9. The van der Waals surface area contributed by atoms with Gasteiger partial charge in [0, 0.05) is 6.54 Å². The Kier molecular flexibility index (Phi) is 6.79. The van der Waals surface area contributed by atoms with E-state index in [0.717, 1.165) is 6.42 Å². The molecule has 19 heavy (non-hydrogen) atoms. The molecule has 0 fully saturated rings. The number of carbonyl (C=O) groups is 1. The van der Waals surface area contributed by atoms with Crippen molar-refractivity contribution in [3.63, 3.8) is 0 Å². The number of hydrogen-bond acceptors (Lipinski definition) is 3. The molecule has 4 nitrogen and oxygen atoms in total. The predicted molar refractivity (Wildman–Crippen MR) is 75.6 cm³/mol. The fraction of sp³-hybridized carbons (Fsp3) is 0.533. The van der Waals surface area contributed by atoms with Crippen LogP contribution in [-0.4, -0.2) is 25.7 Å². The van der Waals surface area contributed by atoms with Gasteiger partial charge in [-0.25, -0.2) is 0 Å². The Hall–Kier alpha value is -1.71. The number of carbonyl (C=O) groups excluding carboxylic acids is 1. The number of benzene rings is 1. The molecule has 4 heteroatoms. The van der Waals surface area contributed by atoms with E-state index in [1.54, 1.807) is 6.07 Å². The molecule has 1 rings (SSSR count). The molecule has 0 aliphatic heterocycles. The molecule has 106 valence electrons. The highest BCUT2D eigenvalue weighted by atomic mass is 16.5. The Balaban J connectivity index is 2.37.